The van der Waals surface area contributed by atoms with E-state index < -0.39 is 28.8 Å². The number of nitro benzene ring substituents is 1. The van der Waals surface area contributed by atoms with Gasteiger partial charge in [-0.2, -0.15) is 13.2 Å². The van der Waals surface area contributed by atoms with Gasteiger partial charge in [0.1, 0.15) is 5.75 Å². The van der Waals surface area contributed by atoms with Crippen molar-refractivity contribution in [2.75, 3.05) is 0 Å². The van der Waals surface area contributed by atoms with Crippen molar-refractivity contribution in [3.05, 3.63) is 33.6 Å². The number of nitro groups is 1. The highest BCUT2D eigenvalue weighted by atomic mass is 19.3. The van der Waals surface area contributed by atoms with Crippen LogP contribution in [0.2, 0.25) is 0 Å². The summed E-state index contributed by atoms with van der Waals surface area (Å²) in [5.74, 6) is -1.49. The average molecular weight is 221 g/mol. The minimum atomic E-state index is -3.10. The minimum absolute atomic E-state index is 0.0680. The summed E-state index contributed by atoms with van der Waals surface area (Å²) in [6, 6.07) is 1.41. The number of hydrogen-bond acceptors (Lipinski definition) is 3. The van der Waals surface area contributed by atoms with Crippen LogP contribution in [-0.4, -0.2) is 11.5 Å². The van der Waals surface area contributed by atoms with Crippen LogP contribution in [0.1, 0.15) is 5.56 Å². The molecule has 0 fully saturated rings. The van der Waals surface area contributed by atoms with E-state index in [-0.39, 0.29) is 5.56 Å². The molecule has 7 heteroatoms. The Labute approximate surface area is 82.4 Å². The molecule has 0 aliphatic heterocycles. The molecule has 1 aromatic rings. The number of rotatable bonds is 3. The maximum atomic E-state index is 12.9. The Hall–Kier alpha value is -1.79. The molecule has 0 amide bonds. The van der Waals surface area contributed by atoms with Crippen LogP contribution in [-0.2, 0) is 0 Å². The Morgan fingerprint density at radius 2 is 2.07 bits per heavy atom. The first-order valence-electron chi connectivity index (χ1n) is 3.81. The van der Waals surface area contributed by atoms with Gasteiger partial charge in [-0.05, 0) is 18.6 Å². The first-order chi connectivity index (χ1) is 6.91. The molecular weight excluding hydrogens is 215 g/mol. The first-order valence-corrected chi connectivity index (χ1v) is 3.81. The minimum Gasteiger partial charge on any atom is -0.434 e. The second-order valence-electron chi connectivity index (χ2n) is 2.70. The van der Waals surface area contributed by atoms with E-state index in [9.17, 15) is 23.3 Å². The zero-order valence-electron chi connectivity index (χ0n) is 7.54. The molecule has 1 rings (SSSR count). The maximum absolute atomic E-state index is 12.9. The average Bonchev–Trinajstić information content (AvgIpc) is 2.08. The highest BCUT2D eigenvalue weighted by Crippen LogP contribution is 2.28. The maximum Gasteiger partial charge on any atom is 0.387 e. The number of hydrogen-bond donors (Lipinski definition) is 0. The van der Waals surface area contributed by atoms with Crippen LogP contribution in [0.3, 0.4) is 0 Å². The van der Waals surface area contributed by atoms with E-state index in [0.29, 0.717) is 6.07 Å². The van der Waals surface area contributed by atoms with Gasteiger partial charge in [0, 0.05) is 0 Å². The summed E-state index contributed by atoms with van der Waals surface area (Å²) < 4.78 is 40.6. The molecule has 0 bridgehead atoms. The molecule has 0 aromatic heterocycles. The van der Waals surface area contributed by atoms with Crippen LogP contribution in [0.5, 0.6) is 5.75 Å². The Balaban J connectivity index is 3.17. The zero-order valence-corrected chi connectivity index (χ0v) is 7.54. The van der Waals surface area contributed by atoms with Crippen LogP contribution < -0.4 is 4.74 Å². The monoisotopic (exact) mass is 221 g/mol. The molecule has 0 aliphatic carbocycles. The van der Waals surface area contributed by atoms with Crippen molar-refractivity contribution in [3.8, 4) is 5.75 Å². The molecular formula is C8H6F3NO3. The lowest BCUT2D eigenvalue weighted by Gasteiger charge is -2.07. The molecule has 0 saturated carbocycles. The summed E-state index contributed by atoms with van der Waals surface area (Å²) in [5.41, 5.74) is -0.824. The summed E-state index contributed by atoms with van der Waals surface area (Å²) in [6.45, 7) is -1.79. The van der Waals surface area contributed by atoms with Crippen molar-refractivity contribution in [1.29, 1.82) is 0 Å². The third-order valence-electron chi connectivity index (χ3n) is 1.66. The number of alkyl halides is 2. The van der Waals surface area contributed by atoms with Gasteiger partial charge >= 0.3 is 12.3 Å². The van der Waals surface area contributed by atoms with Gasteiger partial charge in [-0.25, -0.2) is 0 Å². The molecule has 82 valence electrons. The fourth-order valence-corrected chi connectivity index (χ4v) is 1.00. The Bertz CT molecular complexity index is 395. The van der Waals surface area contributed by atoms with Gasteiger partial charge in [0.05, 0.1) is 11.0 Å². The zero-order chi connectivity index (χ0) is 11.6. The van der Waals surface area contributed by atoms with Crippen molar-refractivity contribution in [2.24, 2.45) is 0 Å². The van der Waals surface area contributed by atoms with Gasteiger partial charge in [-0.15, -0.1) is 0 Å². The third-order valence-corrected chi connectivity index (χ3v) is 1.66. The number of halogens is 3. The quantitative estimate of drug-likeness (QED) is 0.582. The molecule has 0 heterocycles. The molecule has 0 atom stereocenters. The number of nitrogens with zero attached hydrogens (tertiary/aromatic N) is 1. The second kappa shape index (κ2) is 4.16. The topological polar surface area (TPSA) is 52.4 Å². The predicted octanol–water partition coefficient (Wildman–Crippen LogP) is 2.64. The van der Waals surface area contributed by atoms with Crippen molar-refractivity contribution in [1.82, 2.24) is 0 Å². The van der Waals surface area contributed by atoms with E-state index >= 15 is 0 Å². The van der Waals surface area contributed by atoms with E-state index in [1.165, 1.54) is 6.92 Å². The van der Waals surface area contributed by atoms with Crippen molar-refractivity contribution in [2.45, 2.75) is 13.5 Å². The van der Waals surface area contributed by atoms with Gasteiger partial charge in [-0.3, -0.25) is 10.1 Å². The van der Waals surface area contributed by atoms with Gasteiger partial charge < -0.3 is 4.74 Å². The lowest BCUT2D eigenvalue weighted by atomic mass is 10.2. The van der Waals surface area contributed by atoms with Gasteiger partial charge in [0.25, 0.3) is 0 Å². The summed E-state index contributed by atoms with van der Waals surface area (Å²) in [6.07, 6.45) is 0. The van der Waals surface area contributed by atoms with Crippen LogP contribution in [0.4, 0.5) is 18.9 Å². The van der Waals surface area contributed by atoms with Gasteiger partial charge in [0.15, 0.2) is 0 Å². The van der Waals surface area contributed by atoms with E-state index in [1.807, 2.05) is 0 Å². The van der Waals surface area contributed by atoms with Crippen LogP contribution in [0, 0.1) is 22.9 Å². The van der Waals surface area contributed by atoms with Crippen LogP contribution in [0.25, 0.3) is 0 Å². The molecule has 0 unspecified atom stereocenters. The Kier molecular flexibility index (Phi) is 3.13. The van der Waals surface area contributed by atoms with Gasteiger partial charge in [-0.1, -0.05) is 0 Å². The van der Waals surface area contributed by atoms with Crippen LogP contribution in [0.15, 0.2) is 12.1 Å². The number of ether oxygens (including phenoxy) is 1. The van der Waals surface area contributed by atoms with Crippen molar-refractivity contribution < 1.29 is 22.8 Å². The molecule has 0 aliphatic rings. The number of benzene rings is 1. The smallest absolute Gasteiger partial charge is 0.387 e. The fraction of sp³-hybridized carbons (Fsp3) is 0.250. The summed E-state index contributed by atoms with van der Waals surface area (Å²) in [4.78, 5) is 9.29. The predicted molar refractivity (Wildman–Crippen MR) is 44.4 cm³/mol. The largest absolute Gasteiger partial charge is 0.434 e. The molecule has 1 aromatic carbocycles. The lowest BCUT2D eigenvalue weighted by Crippen LogP contribution is -2.04. The molecule has 15 heavy (non-hydrogen) atoms. The second-order valence-corrected chi connectivity index (χ2v) is 2.70. The summed E-state index contributed by atoms with van der Waals surface area (Å²) in [7, 11) is 0. The third kappa shape index (κ3) is 2.58. The molecule has 0 N–H and O–H groups in total. The molecule has 0 radical (unpaired) electrons. The lowest BCUT2D eigenvalue weighted by molar-refractivity contribution is -0.387. The SMILES string of the molecule is Cc1cc(F)c([N+](=O)[O-])cc1OC(F)F. The van der Waals surface area contributed by atoms with E-state index in [1.54, 1.807) is 0 Å². The normalized spacial score (nSPS) is 10.5. The molecule has 4 nitrogen and oxygen atoms in total. The van der Waals surface area contributed by atoms with E-state index in [4.69, 9.17) is 0 Å². The van der Waals surface area contributed by atoms with Crippen molar-refractivity contribution >= 4 is 5.69 Å². The van der Waals surface area contributed by atoms with E-state index in [0.717, 1.165) is 6.07 Å². The highest BCUT2D eigenvalue weighted by molar-refractivity contribution is 5.44. The number of aryl methyl sites for hydroxylation is 1. The first kappa shape index (κ1) is 11.3. The van der Waals surface area contributed by atoms with Gasteiger partial charge in [0.2, 0.25) is 5.82 Å². The fourth-order valence-electron chi connectivity index (χ4n) is 1.00. The van der Waals surface area contributed by atoms with Crippen LogP contribution >= 0.6 is 0 Å². The summed E-state index contributed by atoms with van der Waals surface area (Å²) in [5, 5.41) is 10.3. The highest BCUT2D eigenvalue weighted by Gasteiger charge is 2.19. The van der Waals surface area contributed by atoms with E-state index in [2.05, 4.69) is 4.74 Å². The molecule has 0 saturated heterocycles. The molecule has 0 spiro atoms. The van der Waals surface area contributed by atoms with Crippen molar-refractivity contribution in [3.63, 3.8) is 0 Å². The Morgan fingerprint density at radius 3 is 2.53 bits per heavy atom. The standard InChI is InChI=1S/C8H6F3NO3/c1-4-2-5(9)6(12(13)14)3-7(4)15-8(10)11/h2-3,8H,1H3. The summed E-state index contributed by atoms with van der Waals surface area (Å²) >= 11 is 0. The Morgan fingerprint density at radius 1 is 1.47 bits per heavy atom.